The van der Waals surface area contributed by atoms with E-state index in [1.165, 1.54) is 77.0 Å². The highest BCUT2D eigenvalue weighted by Gasteiger charge is 2.21. The van der Waals surface area contributed by atoms with Crippen molar-refractivity contribution in [3.8, 4) is 6.07 Å². The summed E-state index contributed by atoms with van der Waals surface area (Å²) in [5.41, 5.74) is 0. The summed E-state index contributed by atoms with van der Waals surface area (Å²) in [5, 5.41) is 8.59. The Morgan fingerprint density at radius 3 is 1.70 bits per heavy atom. The van der Waals surface area contributed by atoms with Crippen molar-refractivity contribution in [1.82, 2.24) is 0 Å². The van der Waals surface area contributed by atoms with Crippen LogP contribution in [0.15, 0.2) is 0 Å². The lowest BCUT2D eigenvalue weighted by Gasteiger charge is -2.22. The largest absolute Gasteiger partial charge is 0.417 e. The molecule has 0 amide bonds. The van der Waals surface area contributed by atoms with E-state index in [0.29, 0.717) is 6.42 Å². The van der Waals surface area contributed by atoms with Crippen LogP contribution in [0.1, 0.15) is 96.8 Å². The van der Waals surface area contributed by atoms with Crippen LogP contribution < -0.4 is 0 Å². The van der Waals surface area contributed by atoms with Gasteiger partial charge in [-0.25, -0.2) is 0 Å². The molecule has 0 unspecified atom stereocenters. The summed E-state index contributed by atoms with van der Waals surface area (Å²) < 4.78 is 6.10. The summed E-state index contributed by atoms with van der Waals surface area (Å²) in [7, 11) is -1.49. The lowest BCUT2D eigenvalue weighted by molar-refractivity contribution is 0.293. The van der Waals surface area contributed by atoms with Crippen LogP contribution in [0.3, 0.4) is 0 Å². The third kappa shape index (κ3) is 17.9. The van der Waals surface area contributed by atoms with Crippen molar-refractivity contribution >= 4 is 8.32 Å². The first-order valence-electron chi connectivity index (χ1n) is 10.1. The van der Waals surface area contributed by atoms with Gasteiger partial charge in [0.15, 0.2) is 8.32 Å². The molecular formula is C20H41NOSi. The summed E-state index contributed by atoms with van der Waals surface area (Å²) in [6, 6.07) is 3.35. The fourth-order valence-corrected chi connectivity index (χ4v) is 4.83. The van der Waals surface area contributed by atoms with Gasteiger partial charge >= 0.3 is 0 Å². The minimum absolute atomic E-state index is 0.679. The summed E-state index contributed by atoms with van der Waals surface area (Å²) in [5.74, 6) is 0. The molecule has 0 N–H and O–H groups in total. The topological polar surface area (TPSA) is 33.0 Å². The highest BCUT2D eigenvalue weighted by molar-refractivity contribution is 6.71. The van der Waals surface area contributed by atoms with Crippen LogP contribution in [0.4, 0.5) is 0 Å². The Balaban J connectivity index is 3.22. The average Bonchev–Trinajstić information content (AvgIpc) is 2.52. The smallest absolute Gasteiger partial charge is 0.186 e. The van der Waals surface area contributed by atoms with Crippen LogP contribution in [0, 0.1) is 11.3 Å². The van der Waals surface area contributed by atoms with Gasteiger partial charge in [-0.3, -0.25) is 0 Å². The van der Waals surface area contributed by atoms with Gasteiger partial charge in [0.1, 0.15) is 0 Å². The molecule has 0 rings (SSSR count). The molecule has 0 atom stereocenters. The van der Waals surface area contributed by atoms with Gasteiger partial charge in [-0.1, -0.05) is 77.6 Å². The first-order valence-corrected chi connectivity index (χ1v) is 13.2. The van der Waals surface area contributed by atoms with Gasteiger partial charge in [0.2, 0.25) is 0 Å². The number of hydrogen-bond acceptors (Lipinski definition) is 2. The predicted molar refractivity (Wildman–Crippen MR) is 104 cm³/mol. The number of nitrogens with zero attached hydrogens (tertiary/aromatic N) is 1. The molecule has 0 fully saturated rings. The van der Waals surface area contributed by atoms with Crippen LogP contribution in [-0.2, 0) is 4.43 Å². The van der Waals surface area contributed by atoms with E-state index in [0.717, 1.165) is 19.1 Å². The third-order valence-corrected chi connectivity index (χ3v) is 7.10. The normalized spacial score (nSPS) is 11.6. The SMILES string of the molecule is CCCCCCCCCCCCCCO[Si](C)(C)CCCC#N. The molecular weight excluding hydrogens is 298 g/mol. The molecule has 0 aliphatic rings. The molecule has 0 saturated heterocycles. The second kappa shape index (κ2) is 16.5. The molecule has 0 saturated carbocycles. The van der Waals surface area contributed by atoms with Crippen molar-refractivity contribution in [2.75, 3.05) is 6.61 Å². The molecule has 136 valence electrons. The van der Waals surface area contributed by atoms with E-state index >= 15 is 0 Å². The second-order valence-corrected chi connectivity index (χ2v) is 11.8. The Labute approximate surface area is 147 Å². The van der Waals surface area contributed by atoms with Crippen molar-refractivity contribution in [1.29, 1.82) is 5.26 Å². The van der Waals surface area contributed by atoms with E-state index in [1.807, 2.05) is 0 Å². The first kappa shape index (κ1) is 22.7. The minimum Gasteiger partial charge on any atom is -0.417 e. The molecule has 23 heavy (non-hydrogen) atoms. The van der Waals surface area contributed by atoms with E-state index < -0.39 is 8.32 Å². The fraction of sp³-hybridized carbons (Fsp3) is 0.950. The molecule has 0 aliphatic heterocycles. The molecule has 0 aromatic carbocycles. The monoisotopic (exact) mass is 339 g/mol. The number of rotatable bonds is 17. The lowest BCUT2D eigenvalue weighted by atomic mass is 10.1. The zero-order valence-electron chi connectivity index (χ0n) is 16.2. The van der Waals surface area contributed by atoms with Gasteiger partial charge in [-0.15, -0.1) is 0 Å². The zero-order chi connectivity index (χ0) is 17.2. The third-order valence-electron chi connectivity index (χ3n) is 4.56. The first-order chi connectivity index (χ1) is 11.1. The maximum absolute atomic E-state index is 8.59. The van der Waals surface area contributed by atoms with Crippen molar-refractivity contribution in [2.24, 2.45) is 0 Å². The molecule has 0 heterocycles. The maximum atomic E-state index is 8.59. The van der Waals surface area contributed by atoms with E-state index in [1.54, 1.807) is 0 Å². The van der Waals surface area contributed by atoms with E-state index in [-0.39, 0.29) is 0 Å². The Hall–Kier alpha value is -0.333. The van der Waals surface area contributed by atoms with Crippen LogP contribution in [0.25, 0.3) is 0 Å². The quantitative estimate of drug-likeness (QED) is 0.207. The second-order valence-electron chi connectivity index (χ2n) is 7.51. The molecule has 0 bridgehead atoms. The molecule has 0 aliphatic carbocycles. The number of hydrogen-bond donors (Lipinski definition) is 0. The molecule has 0 radical (unpaired) electrons. The number of nitriles is 1. The van der Waals surface area contributed by atoms with Crippen molar-refractivity contribution in [3.05, 3.63) is 0 Å². The molecule has 0 aromatic heterocycles. The average molecular weight is 340 g/mol. The van der Waals surface area contributed by atoms with Gasteiger partial charge < -0.3 is 4.43 Å². The van der Waals surface area contributed by atoms with Gasteiger partial charge in [-0.2, -0.15) is 5.26 Å². The molecule has 3 heteroatoms. The van der Waals surface area contributed by atoms with Gasteiger partial charge in [0.05, 0.1) is 6.07 Å². The zero-order valence-corrected chi connectivity index (χ0v) is 17.2. The van der Waals surface area contributed by atoms with Crippen molar-refractivity contribution < 1.29 is 4.43 Å². The van der Waals surface area contributed by atoms with Gasteiger partial charge in [0, 0.05) is 13.0 Å². The van der Waals surface area contributed by atoms with Crippen LogP contribution in [0.5, 0.6) is 0 Å². The highest BCUT2D eigenvalue weighted by atomic mass is 28.4. The summed E-state index contributed by atoms with van der Waals surface area (Å²) >= 11 is 0. The van der Waals surface area contributed by atoms with Crippen LogP contribution in [-0.4, -0.2) is 14.9 Å². The maximum Gasteiger partial charge on any atom is 0.186 e. The Bertz CT molecular complexity index is 286. The van der Waals surface area contributed by atoms with E-state index in [2.05, 4.69) is 26.1 Å². The summed E-state index contributed by atoms with van der Waals surface area (Å²) in [6.45, 7) is 7.78. The molecule has 0 spiro atoms. The number of unbranched alkanes of at least 4 members (excludes halogenated alkanes) is 12. The Morgan fingerprint density at radius 1 is 0.739 bits per heavy atom. The minimum atomic E-state index is -1.49. The van der Waals surface area contributed by atoms with Gasteiger partial charge in [0.25, 0.3) is 0 Å². The van der Waals surface area contributed by atoms with Gasteiger partial charge in [-0.05, 0) is 32.0 Å². The Morgan fingerprint density at radius 2 is 1.22 bits per heavy atom. The van der Waals surface area contributed by atoms with Crippen molar-refractivity contribution in [2.45, 2.75) is 116 Å². The van der Waals surface area contributed by atoms with Crippen LogP contribution >= 0.6 is 0 Å². The highest BCUT2D eigenvalue weighted by Crippen LogP contribution is 2.16. The fourth-order valence-electron chi connectivity index (χ4n) is 2.96. The predicted octanol–water partition coefficient (Wildman–Crippen LogP) is 7.21. The lowest BCUT2D eigenvalue weighted by Crippen LogP contribution is -2.30. The molecule has 2 nitrogen and oxygen atoms in total. The van der Waals surface area contributed by atoms with E-state index in [4.69, 9.17) is 9.69 Å². The molecule has 0 aromatic rings. The van der Waals surface area contributed by atoms with Crippen molar-refractivity contribution in [3.63, 3.8) is 0 Å². The summed E-state index contributed by atoms with van der Waals surface area (Å²) in [6.07, 6.45) is 18.4. The van der Waals surface area contributed by atoms with E-state index in [9.17, 15) is 0 Å². The Kier molecular flexibility index (Phi) is 16.3. The summed E-state index contributed by atoms with van der Waals surface area (Å²) in [4.78, 5) is 0. The standard InChI is InChI=1S/C20H41NOSi/c1-4-5-6-7-8-9-10-11-12-13-14-16-19-22-23(2,3)20-17-15-18-21/h4-17,19-20H2,1-3H3. The van der Waals surface area contributed by atoms with Crippen LogP contribution in [0.2, 0.25) is 19.1 Å².